The van der Waals surface area contributed by atoms with E-state index in [4.69, 9.17) is 4.74 Å². The van der Waals surface area contributed by atoms with Crippen LogP contribution in [0.25, 0.3) is 0 Å². The number of ether oxygens (including phenoxy) is 1. The van der Waals surface area contributed by atoms with Crippen LogP contribution in [0.4, 0.5) is 4.79 Å². The van der Waals surface area contributed by atoms with Crippen molar-refractivity contribution in [3.05, 3.63) is 0 Å². The van der Waals surface area contributed by atoms with E-state index >= 15 is 0 Å². The summed E-state index contributed by atoms with van der Waals surface area (Å²) < 4.78 is 5.28. The van der Waals surface area contributed by atoms with Crippen LogP contribution in [0.15, 0.2) is 0 Å². The van der Waals surface area contributed by atoms with Gasteiger partial charge in [-0.25, -0.2) is 4.79 Å². The third-order valence-electron chi connectivity index (χ3n) is 2.83. The van der Waals surface area contributed by atoms with Crippen LogP contribution >= 0.6 is 0 Å². The van der Waals surface area contributed by atoms with Gasteiger partial charge in [-0.05, 0) is 41.5 Å². The second kappa shape index (κ2) is 6.64. The van der Waals surface area contributed by atoms with Gasteiger partial charge in [0.2, 0.25) is 5.91 Å². The van der Waals surface area contributed by atoms with E-state index in [9.17, 15) is 9.59 Å². The quantitative estimate of drug-likeness (QED) is 0.825. The molecule has 0 aliphatic carbocycles. The number of likely N-dealkylation sites (tertiary alicyclic amines) is 1. The van der Waals surface area contributed by atoms with Gasteiger partial charge in [-0.1, -0.05) is 0 Å². The Kier molecular flexibility index (Phi) is 5.61. The van der Waals surface area contributed by atoms with Crippen molar-refractivity contribution in [2.75, 3.05) is 19.6 Å². The van der Waals surface area contributed by atoms with Crippen molar-refractivity contribution in [1.82, 2.24) is 15.5 Å². The van der Waals surface area contributed by atoms with Crippen molar-refractivity contribution in [3.63, 3.8) is 0 Å². The normalized spacial score (nSPS) is 16.4. The van der Waals surface area contributed by atoms with Crippen LogP contribution in [0.2, 0.25) is 0 Å². The molecule has 0 bridgehead atoms. The van der Waals surface area contributed by atoms with Crippen molar-refractivity contribution in [3.8, 4) is 0 Å². The van der Waals surface area contributed by atoms with Crippen LogP contribution in [0.5, 0.6) is 0 Å². The van der Waals surface area contributed by atoms with Crippen molar-refractivity contribution < 1.29 is 14.3 Å². The molecule has 0 aromatic heterocycles. The smallest absolute Gasteiger partial charge is 0.410 e. The van der Waals surface area contributed by atoms with E-state index in [1.54, 1.807) is 4.90 Å². The van der Waals surface area contributed by atoms with Crippen molar-refractivity contribution >= 4 is 12.0 Å². The van der Waals surface area contributed by atoms with E-state index in [2.05, 4.69) is 10.6 Å². The molecule has 1 aliphatic heterocycles. The van der Waals surface area contributed by atoms with E-state index < -0.39 is 5.60 Å². The third-order valence-corrected chi connectivity index (χ3v) is 2.83. The molecule has 21 heavy (non-hydrogen) atoms. The third kappa shape index (κ3) is 7.32. The average Bonchev–Trinajstić information content (AvgIpc) is 2.15. The lowest BCUT2D eigenvalue weighted by Crippen LogP contribution is -2.60. The predicted octanol–water partition coefficient (Wildman–Crippen LogP) is 1.50. The highest BCUT2D eigenvalue weighted by Crippen LogP contribution is 2.15. The lowest BCUT2D eigenvalue weighted by molar-refractivity contribution is -0.122. The summed E-state index contributed by atoms with van der Waals surface area (Å²) in [5, 5.41) is 6.19. The molecule has 1 rings (SSSR count). The number of hydrogen-bond acceptors (Lipinski definition) is 4. The molecule has 1 aliphatic rings. The molecule has 2 amide bonds. The Balaban J connectivity index is 2.13. The monoisotopic (exact) mass is 299 g/mol. The van der Waals surface area contributed by atoms with Gasteiger partial charge in [0.05, 0.1) is 0 Å². The molecule has 0 aromatic carbocycles. The number of amides is 2. The van der Waals surface area contributed by atoms with Gasteiger partial charge < -0.3 is 20.3 Å². The van der Waals surface area contributed by atoms with Gasteiger partial charge in [0.25, 0.3) is 0 Å². The maximum atomic E-state index is 11.7. The molecule has 6 heteroatoms. The Hall–Kier alpha value is -1.30. The topological polar surface area (TPSA) is 70.7 Å². The van der Waals surface area contributed by atoms with Crippen molar-refractivity contribution in [2.45, 2.75) is 65.1 Å². The van der Waals surface area contributed by atoms with Gasteiger partial charge in [0.15, 0.2) is 0 Å². The molecule has 1 heterocycles. The Bertz CT molecular complexity index is 377. The molecule has 6 nitrogen and oxygen atoms in total. The lowest BCUT2D eigenvalue weighted by atomic mass is 10.1. The van der Waals surface area contributed by atoms with Crippen LogP contribution in [0.1, 0.15) is 48.0 Å². The average molecular weight is 299 g/mol. The Morgan fingerprint density at radius 1 is 1.14 bits per heavy atom. The minimum Gasteiger partial charge on any atom is -0.444 e. The zero-order valence-electron chi connectivity index (χ0n) is 14.1. The van der Waals surface area contributed by atoms with E-state index in [-0.39, 0.29) is 23.6 Å². The highest BCUT2D eigenvalue weighted by molar-refractivity contribution is 5.76. The Morgan fingerprint density at radius 3 is 2.19 bits per heavy atom. The SMILES string of the molecule is CC(C)(C)NC(=O)CCNC1CN(C(=O)OC(C)(C)C)C1. The zero-order chi connectivity index (χ0) is 16.3. The molecule has 2 N–H and O–H groups in total. The Labute approximate surface area is 127 Å². The maximum Gasteiger partial charge on any atom is 0.410 e. The molecular weight excluding hydrogens is 270 g/mol. The molecule has 0 spiro atoms. The molecule has 0 saturated carbocycles. The van der Waals surface area contributed by atoms with Gasteiger partial charge in [0.1, 0.15) is 5.60 Å². The fourth-order valence-electron chi connectivity index (χ4n) is 1.95. The van der Waals surface area contributed by atoms with Gasteiger partial charge in [0, 0.05) is 37.6 Å². The number of rotatable bonds is 4. The minimum atomic E-state index is -0.458. The van der Waals surface area contributed by atoms with Crippen molar-refractivity contribution in [1.29, 1.82) is 0 Å². The highest BCUT2D eigenvalue weighted by Gasteiger charge is 2.33. The molecule has 0 radical (unpaired) electrons. The lowest BCUT2D eigenvalue weighted by Gasteiger charge is -2.40. The summed E-state index contributed by atoms with van der Waals surface area (Å²) in [5.74, 6) is 0.0401. The summed E-state index contributed by atoms with van der Waals surface area (Å²) in [6, 6.07) is 0.250. The second-order valence-corrected chi connectivity index (χ2v) is 7.58. The molecule has 122 valence electrons. The standard InChI is InChI=1S/C15H29N3O3/c1-14(2,3)17-12(19)7-8-16-11-9-18(10-11)13(20)21-15(4,5)6/h11,16H,7-10H2,1-6H3,(H,17,19). The summed E-state index contributed by atoms with van der Waals surface area (Å²) in [6.07, 6.45) is 0.172. The second-order valence-electron chi connectivity index (χ2n) is 7.58. The number of carbonyl (C=O) groups excluding carboxylic acids is 2. The van der Waals surface area contributed by atoms with Crippen LogP contribution in [0.3, 0.4) is 0 Å². The van der Waals surface area contributed by atoms with Crippen LogP contribution in [-0.4, -0.2) is 53.7 Å². The maximum absolute atomic E-state index is 11.7. The fourth-order valence-corrected chi connectivity index (χ4v) is 1.95. The molecule has 1 saturated heterocycles. The van der Waals surface area contributed by atoms with Crippen LogP contribution < -0.4 is 10.6 Å². The van der Waals surface area contributed by atoms with Crippen LogP contribution in [0, 0.1) is 0 Å². The van der Waals surface area contributed by atoms with Gasteiger partial charge in [-0.15, -0.1) is 0 Å². The van der Waals surface area contributed by atoms with Gasteiger partial charge in [-0.3, -0.25) is 4.79 Å². The first-order valence-electron chi connectivity index (χ1n) is 7.48. The summed E-state index contributed by atoms with van der Waals surface area (Å²) in [7, 11) is 0. The van der Waals surface area contributed by atoms with Crippen molar-refractivity contribution in [2.24, 2.45) is 0 Å². The van der Waals surface area contributed by atoms with E-state index in [0.29, 0.717) is 26.1 Å². The zero-order valence-corrected chi connectivity index (χ0v) is 14.1. The van der Waals surface area contributed by atoms with Gasteiger partial charge in [-0.2, -0.15) is 0 Å². The summed E-state index contributed by atoms with van der Waals surface area (Å²) >= 11 is 0. The largest absolute Gasteiger partial charge is 0.444 e. The Morgan fingerprint density at radius 2 is 1.71 bits per heavy atom. The summed E-state index contributed by atoms with van der Waals surface area (Å²) in [6.45, 7) is 13.3. The molecule has 0 aromatic rings. The predicted molar refractivity (Wildman–Crippen MR) is 82.1 cm³/mol. The van der Waals surface area contributed by atoms with E-state index in [1.165, 1.54) is 0 Å². The first-order valence-corrected chi connectivity index (χ1v) is 7.48. The van der Waals surface area contributed by atoms with E-state index in [0.717, 1.165) is 0 Å². The summed E-state index contributed by atoms with van der Waals surface area (Å²) in [5.41, 5.74) is -0.651. The van der Waals surface area contributed by atoms with Crippen LogP contribution in [-0.2, 0) is 9.53 Å². The fraction of sp³-hybridized carbons (Fsp3) is 0.867. The molecule has 0 unspecified atom stereocenters. The first-order chi connectivity index (χ1) is 9.46. The summed E-state index contributed by atoms with van der Waals surface area (Å²) in [4.78, 5) is 25.0. The number of hydrogen-bond donors (Lipinski definition) is 2. The number of nitrogens with zero attached hydrogens (tertiary/aromatic N) is 1. The minimum absolute atomic E-state index is 0.0401. The van der Waals surface area contributed by atoms with E-state index in [1.807, 2.05) is 41.5 Å². The highest BCUT2D eigenvalue weighted by atomic mass is 16.6. The van der Waals surface area contributed by atoms with Gasteiger partial charge >= 0.3 is 6.09 Å². The number of carbonyl (C=O) groups is 2. The molecule has 0 atom stereocenters. The number of nitrogens with one attached hydrogen (secondary N) is 2. The molecule has 1 fully saturated rings. The molecular formula is C15H29N3O3. The first kappa shape index (κ1) is 17.8.